The van der Waals surface area contributed by atoms with Crippen LogP contribution in [0.25, 0.3) is 5.69 Å². The van der Waals surface area contributed by atoms with Gasteiger partial charge in [-0.3, -0.25) is 0 Å². The Morgan fingerprint density at radius 3 is 3.12 bits per heavy atom. The van der Waals surface area contributed by atoms with E-state index in [1.165, 1.54) is 30.4 Å². The van der Waals surface area contributed by atoms with Gasteiger partial charge in [0.25, 0.3) is 0 Å². The van der Waals surface area contributed by atoms with Crippen molar-refractivity contribution in [3.8, 4) is 5.69 Å². The first-order valence-corrected chi connectivity index (χ1v) is 6.18. The first-order valence-electron chi connectivity index (χ1n) is 6.18. The molecule has 1 N–H and O–H groups in total. The van der Waals surface area contributed by atoms with Gasteiger partial charge in [0.15, 0.2) is 0 Å². The third kappa shape index (κ3) is 1.87. The number of aromatic nitrogens is 2. The minimum Gasteiger partial charge on any atom is -0.313 e. The van der Waals surface area contributed by atoms with Crippen LogP contribution in [0.3, 0.4) is 0 Å². The quantitative estimate of drug-likeness (QED) is 0.854. The second kappa shape index (κ2) is 4.34. The fraction of sp³-hybridized carbons (Fsp3) is 0.357. The van der Waals surface area contributed by atoms with Gasteiger partial charge in [-0.15, -0.1) is 0 Å². The molecule has 1 aromatic carbocycles. The number of fused-ring (bicyclic) bond motifs is 1. The molecule has 3 nitrogen and oxygen atoms in total. The summed E-state index contributed by atoms with van der Waals surface area (Å²) in [4.78, 5) is 0. The van der Waals surface area contributed by atoms with Gasteiger partial charge in [-0.25, -0.2) is 4.68 Å². The highest BCUT2D eigenvalue weighted by Crippen LogP contribution is 2.30. The van der Waals surface area contributed by atoms with E-state index in [0.717, 1.165) is 5.69 Å². The van der Waals surface area contributed by atoms with Crippen LogP contribution in [0.15, 0.2) is 36.7 Å². The summed E-state index contributed by atoms with van der Waals surface area (Å²) in [6.45, 7) is 0. The van der Waals surface area contributed by atoms with Crippen LogP contribution in [0.1, 0.15) is 30.0 Å². The maximum absolute atomic E-state index is 4.28. The van der Waals surface area contributed by atoms with Crippen LogP contribution in [-0.2, 0) is 6.42 Å². The van der Waals surface area contributed by atoms with Crippen molar-refractivity contribution in [2.75, 3.05) is 7.05 Å². The van der Waals surface area contributed by atoms with Crippen molar-refractivity contribution in [3.63, 3.8) is 0 Å². The Kier molecular flexibility index (Phi) is 2.69. The van der Waals surface area contributed by atoms with Gasteiger partial charge in [0.2, 0.25) is 0 Å². The van der Waals surface area contributed by atoms with Crippen molar-refractivity contribution in [3.05, 3.63) is 47.8 Å². The molecule has 1 unspecified atom stereocenters. The van der Waals surface area contributed by atoms with E-state index in [2.05, 4.69) is 28.6 Å². The number of hydrogen-bond donors (Lipinski definition) is 1. The van der Waals surface area contributed by atoms with Crippen molar-refractivity contribution >= 4 is 0 Å². The summed E-state index contributed by atoms with van der Waals surface area (Å²) in [5.74, 6) is 0. The summed E-state index contributed by atoms with van der Waals surface area (Å²) in [6, 6.07) is 9.14. The normalized spacial score (nSPS) is 19.0. The Morgan fingerprint density at radius 1 is 1.41 bits per heavy atom. The molecule has 0 spiro atoms. The number of aryl methyl sites for hydroxylation is 1. The topological polar surface area (TPSA) is 29.9 Å². The Bertz CT molecular complexity index is 502. The van der Waals surface area contributed by atoms with Gasteiger partial charge < -0.3 is 5.32 Å². The van der Waals surface area contributed by atoms with E-state index in [1.54, 1.807) is 0 Å². The molecule has 1 aromatic heterocycles. The first-order chi connectivity index (χ1) is 8.38. The van der Waals surface area contributed by atoms with Crippen molar-refractivity contribution in [2.45, 2.75) is 25.3 Å². The Morgan fingerprint density at radius 2 is 2.35 bits per heavy atom. The van der Waals surface area contributed by atoms with Crippen molar-refractivity contribution in [1.29, 1.82) is 0 Å². The van der Waals surface area contributed by atoms with E-state index < -0.39 is 0 Å². The molecule has 2 aromatic rings. The molecule has 0 amide bonds. The van der Waals surface area contributed by atoms with E-state index in [1.807, 2.05) is 30.2 Å². The zero-order valence-corrected chi connectivity index (χ0v) is 10.1. The smallest absolute Gasteiger partial charge is 0.0648 e. The highest BCUT2D eigenvalue weighted by Gasteiger charge is 2.18. The lowest BCUT2D eigenvalue weighted by atomic mass is 9.87. The maximum atomic E-state index is 4.28. The maximum Gasteiger partial charge on any atom is 0.0648 e. The van der Waals surface area contributed by atoms with Gasteiger partial charge in [-0.05, 0) is 55.6 Å². The fourth-order valence-corrected chi connectivity index (χ4v) is 2.66. The number of rotatable bonds is 2. The van der Waals surface area contributed by atoms with Gasteiger partial charge in [0, 0.05) is 18.4 Å². The van der Waals surface area contributed by atoms with Crippen LogP contribution in [0.4, 0.5) is 0 Å². The zero-order chi connectivity index (χ0) is 11.7. The Balaban J connectivity index is 2.02. The highest BCUT2D eigenvalue weighted by atomic mass is 15.3. The molecule has 88 valence electrons. The molecule has 0 fully saturated rings. The predicted octanol–water partition coefficient (Wildman–Crippen LogP) is 2.47. The van der Waals surface area contributed by atoms with E-state index in [4.69, 9.17) is 0 Å². The molecule has 1 aliphatic carbocycles. The van der Waals surface area contributed by atoms with Crippen LogP contribution in [0, 0.1) is 0 Å². The summed E-state index contributed by atoms with van der Waals surface area (Å²) in [6.07, 6.45) is 7.49. The van der Waals surface area contributed by atoms with Gasteiger partial charge in [-0.2, -0.15) is 5.10 Å². The lowest BCUT2D eigenvalue weighted by Crippen LogP contribution is -2.21. The average Bonchev–Trinajstić information content (AvgIpc) is 2.91. The summed E-state index contributed by atoms with van der Waals surface area (Å²) >= 11 is 0. The third-order valence-corrected chi connectivity index (χ3v) is 3.56. The number of benzene rings is 1. The summed E-state index contributed by atoms with van der Waals surface area (Å²) in [5, 5.41) is 7.67. The Hall–Kier alpha value is -1.61. The highest BCUT2D eigenvalue weighted by molar-refractivity contribution is 5.42. The predicted molar refractivity (Wildman–Crippen MR) is 68.3 cm³/mol. The van der Waals surface area contributed by atoms with Gasteiger partial charge in [0.05, 0.1) is 5.69 Å². The fourth-order valence-electron chi connectivity index (χ4n) is 2.66. The van der Waals surface area contributed by atoms with Crippen molar-refractivity contribution < 1.29 is 0 Å². The minimum atomic E-state index is 0.519. The van der Waals surface area contributed by atoms with E-state index in [-0.39, 0.29) is 0 Å². The van der Waals surface area contributed by atoms with Crippen LogP contribution in [0.5, 0.6) is 0 Å². The molecular weight excluding hydrogens is 210 g/mol. The number of hydrogen-bond acceptors (Lipinski definition) is 2. The lowest BCUT2D eigenvalue weighted by molar-refractivity contribution is 0.496. The lowest BCUT2D eigenvalue weighted by Gasteiger charge is -2.25. The zero-order valence-electron chi connectivity index (χ0n) is 10.1. The molecule has 0 aliphatic heterocycles. The molecule has 1 atom stereocenters. The largest absolute Gasteiger partial charge is 0.313 e. The van der Waals surface area contributed by atoms with Crippen molar-refractivity contribution in [2.24, 2.45) is 0 Å². The third-order valence-electron chi connectivity index (χ3n) is 3.56. The molecular formula is C14H17N3. The monoisotopic (exact) mass is 227 g/mol. The van der Waals surface area contributed by atoms with E-state index in [9.17, 15) is 0 Å². The number of nitrogens with zero attached hydrogens (tertiary/aromatic N) is 2. The van der Waals surface area contributed by atoms with Crippen molar-refractivity contribution in [1.82, 2.24) is 15.1 Å². The van der Waals surface area contributed by atoms with Crippen LogP contribution < -0.4 is 5.32 Å². The summed E-state index contributed by atoms with van der Waals surface area (Å²) in [7, 11) is 2.04. The molecule has 3 rings (SSSR count). The Labute approximate surface area is 101 Å². The average molecular weight is 227 g/mol. The molecule has 3 heteroatoms. The summed E-state index contributed by atoms with van der Waals surface area (Å²) in [5.41, 5.74) is 4.07. The molecule has 1 heterocycles. The molecule has 0 bridgehead atoms. The van der Waals surface area contributed by atoms with Gasteiger partial charge in [0.1, 0.15) is 0 Å². The number of nitrogens with one attached hydrogen (secondary N) is 1. The van der Waals surface area contributed by atoms with Gasteiger partial charge >= 0.3 is 0 Å². The molecule has 0 radical (unpaired) electrons. The summed E-state index contributed by atoms with van der Waals surface area (Å²) < 4.78 is 1.92. The molecule has 17 heavy (non-hydrogen) atoms. The van der Waals surface area contributed by atoms with E-state index >= 15 is 0 Å². The first kappa shape index (κ1) is 10.5. The minimum absolute atomic E-state index is 0.519. The molecule has 1 aliphatic rings. The molecule has 0 saturated heterocycles. The van der Waals surface area contributed by atoms with Gasteiger partial charge in [-0.1, -0.05) is 6.07 Å². The second-order valence-electron chi connectivity index (χ2n) is 4.57. The SMILES string of the molecule is CNC1CCCc2cc(-n3cccn3)ccc21. The van der Waals surface area contributed by atoms with E-state index in [0.29, 0.717) is 6.04 Å². The van der Waals surface area contributed by atoms with Crippen LogP contribution in [-0.4, -0.2) is 16.8 Å². The van der Waals surface area contributed by atoms with Crippen LogP contribution >= 0.6 is 0 Å². The second-order valence-corrected chi connectivity index (χ2v) is 4.57. The standard InChI is InChI=1S/C14H17N3/c1-15-14-5-2-4-11-10-12(6-7-13(11)14)17-9-3-8-16-17/h3,6-10,14-15H,2,4-5H2,1H3. The molecule has 0 saturated carbocycles. The van der Waals surface area contributed by atoms with Crippen LogP contribution in [0.2, 0.25) is 0 Å².